The highest BCUT2D eigenvalue weighted by molar-refractivity contribution is 7.99. The van der Waals surface area contributed by atoms with Crippen LogP contribution in [0.4, 0.5) is 5.69 Å². The van der Waals surface area contributed by atoms with E-state index in [1.807, 2.05) is 50.2 Å². The lowest BCUT2D eigenvalue weighted by molar-refractivity contribution is -0.113. The van der Waals surface area contributed by atoms with Crippen LogP contribution in [0.2, 0.25) is 5.02 Å². The van der Waals surface area contributed by atoms with E-state index >= 15 is 0 Å². The number of hydrogen-bond donors (Lipinski definition) is 2. The predicted molar refractivity (Wildman–Crippen MR) is 102 cm³/mol. The Hall–Kier alpha value is -2.31. The van der Waals surface area contributed by atoms with Crippen LogP contribution in [-0.4, -0.2) is 26.8 Å². The maximum Gasteiger partial charge on any atom is 0.234 e. The number of thioether (sulfide) groups is 1. The number of aromatic amines is 1. The molecule has 1 amide bonds. The van der Waals surface area contributed by atoms with Crippen LogP contribution in [0.1, 0.15) is 11.1 Å². The van der Waals surface area contributed by atoms with Crippen LogP contribution in [0.25, 0.3) is 11.4 Å². The van der Waals surface area contributed by atoms with Gasteiger partial charge in [0.25, 0.3) is 0 Å². The molecule has 0 aliphatic rings. The van der Waals surface area contributed by atoms with Crippen molar-refractivity contribution in [2.24, 2.45) is 0 Å². The number of anilines is 1. The highest BCUT2D eigenvalue weighted by Gasteiger charge is 2.10. The van der Waals surface area contributed by atoms with Crippen LogP contribution in [-0.2, 0) is 4.79 Å². The van der Waals surface area contributed by atoms with Gasteiger partial charge >= 0.3 is 0 Å². The fourth-order valence-electron chi connectivity index (χ4n) is 2.27. The number of H-pyrrole nitrogens is 1. The molecule has 0 radical (unpaired) electrons. The molecule has 128 valence electrons. The lowest BCUT2D eigenvalue weighted by atomic mass is 10.1. The summed E-state index contributed by atoms with van der Waals surface area (Å²) in [6.07, 6.45) is 0. The summed E-state index contributed by atoms with van der Waals surface area (Å²) in [6.45, 7) is 3.93. The second-order valence-electron chi connectivity index (χ2n) is 5.58. The molecule has 1 aromatic heterocycles. The topological polar surface area (TPSA) is 70.7 Å². The SMILES string of the molecule is Cc1ccc(NC(=O)CSc2n[nH]c(-c3ccccc3C)n2)cc1Cl. The van der Waals surface area contributed by atoms with Gasteiger partial charge in [-0.2, -0.15) is 0 Å². The molecule has 0 bridgehead atoms. The third kappa shape index (κ3) is 4.41. The van der Waals surface area contributed by atoms with Gasteiger partial charge < -0.3 is 5.32 Å². The fourth-order valence-corrected chi connectivity index (χ4v) is 3.05. The van der Waals surface area contributed by atoms with E-state index in [1.54, 1.807) is 6.07 Å². The summed E-state index contributed by atoms with van der Waals surface area (Å²) in [7, 11) is 0. The number of halogens is 1. The Morgan fingerprint density at radius 1 is 1.20 bits per heavy atom. The largest absolute Gasteiger partial charge is 0.325 e. The number of aromatic nitrogens is 3. The molecule has 1 heterocycles. The molecule has 0 spiro atoms. The summed E-state index contributed by atoms with van der Waals surface area (Å²) in [5, 5.41) is 11.1. The normalized spacial score (nSPS) is 10.7. The molecule has 2 N–H and O–H groups in total. The van der Waals surface area contributed by atoms with Crippen LogP contribution >= 0.6 is 23.4 Å². The Labute approximate surface area is 155 Å². The molecule has 3 aromatic rings. The van der Waals surface area contributed by atoms with Crippen LogP contribution < -0.4 is 5.32 Å². The van der Waals surface area contributed by atoms with Gasteiger partial charge in [-0.25, -0.2) is 4.98 Å². The molecular formula is C18H17ClN4OS. The molecule has 5 nitrogen and oxygen atoms in total. The number of aryl methyl sites for hydroxylation is 2. The summed E-state index contributed by atoms with van der Waals surface area (Å²) in [4.78, 5) is 16.5. The van der Waals surface area contributed by atoms with Crippen LogP contribution in [0.5, 0.6) is 0 Å². The molecule has 0 saturated heterocycles. The Bertz CT molecular complexity index is 910. The average Bonchev–Trinajstić information content (AvgIpc) is 3.05. The van der Waals surface area contributed by atoms with Gasteiger partial charge in [0.2, 0.25) is 11.1 Å². The number of carbonyl (C=O) groups is 1. The smallest absolute Gasteiger partial charge is 0.234 e. The van der Waals surface area contributed by atoms with Gasteiger partial charge in [0.1, 0.15) is 0 Å². The van der Waals surface area contributed by atoms with Crippen molar-refractivity contribution in [1.29, 1.82) is 0 Å². The first-order valence-electron chi connectivity index (χ1n) is 7.70. The minimum atomic E-state index is -0.132. The number of carbonyl (C=O) groups excluding carboxylic acids is 1. The van der Waals surface area contributed by atoms with Crippen molar-refractivity contribution in [2.45, 2.75) is 19.0 Å². The third-order valence-corrected chi connectivity index (χ3v) is 4.91. The number of nitrogens with one attached hydrogen (secondary N) is 2. The molecule has 0 saturated carbocycles. The van der Waals surface area contributed by atoms with E-state index in [9.17, 15) is 4.79 Å². The summed E-state index contributed by atoms with van der Waals surface area (Å²) >= 11 is 7.34. The van der Waals surface area contributed by atoms with Crippen molar-refractivity contribution in [3.63, 3.8) is 0 Å². The summed E-state index contributed by atoms with van der Waals surface area (Å²) in [6, 6.07) is 13.4. The van der Waals surface area contributed by atoms with Gasteiger partial charge in [0.05, 0.1) is 5.75 Å². The van der Waals surface area contributed by atoms with Gasteiger partial charge in [0.15, 0.2) is 5.82 Å². The molecule has 3 rings (SSSR count). The van der Waals surface area contributed by atoms with Gasteiger partial charge in [-0.05, 0) is 37.1 Å². The first kappa shape index (κ1) is 17.5. The van der Waals surface area contributed by atoms with E-state index in [1.165, 1.54) is 11.8 Å². The quantitative estimate of drug-likeness (QED) is 0.648. The lowest BCUT2D eigenvalue weighted by Gasteiger charge is -2.05. The zero-order chi connectivity index (χ0) is 17.8. The molecule has 25 heavy (non-hydrogen) atoms. The Kier molecular flexibility index (Phi) is 5.40. The standard InChI is InChI=1S/C18H17ClN4OS/c1-11-5-3-4-6-14(11)17-21-18(23-22-17)25-10-16(24)20-13-8-7-12(2)15(19)9-13/h3-9H,10H2,1-2H3,(H,20,24)(H,21,22,23). The Morgan fingerprint density at radius 3 is 2.76 bits per heavy atom. The lowest BCUT2D eigenvalue weighted by Crippen LogP contribution is -2.14. The first-order chi connectivity index (χ1) is 12.0. The monoisotopic (exact) mass is 372 g/mol. The molecule has 0 fully saturated rings. The van der Waals surface area contributed by atoms with Crippen molar-refractivity contribution in [3.05, 3.63) is 58.6 Å². The van der Waals surface area contributed by atoms with E-state index in [0.29, 0.717) is 21.7 Å². The van der Waals surface area contributed by atoms with Crippen molar-refractivity contribution in [2.75, 3.05) is 11.1 Å². The van der Waals surface area contributed by atoms with Gasteiger partial charge in [0, 0.05) is 16.3 Å². The zero-order valence-corrected chi connectivity index (χ0v) is 15.4. The van der Waals surface area contributed by atoms with E-state index < -0.39 is 0 Å². The van der Waals surface area contributed by atoms with Crippen LogP contribution in [0, 0.1) is 13.8 Å². The average molecular weight is 373 g/mol. The maximum atomic E-state index is 12.1. The molecule has 0 atom stereocenters. The van der Waals surface area contributed by atoms with E-state index in [-0.39, 0.29) is 11.7 Å². The number of amides is 1. The fraction of sp³-hybridized carbons (Fsp3) is 0.167. The molecule has 0 unspecified atom stereocenters. The molecular weight excluding hydrogens is 356 g/mol. The van der Waals surface area contributed by atoms with E-state index in [4.69, 9.17) is 11.6 Å². The number of benzene rings is 2. The van der Waals surface area contributed by atoms with Crippen molar-refractivity contribution >= 4 is 35.0 Å². The Balaban J connectivity index is 1.59. The molecule has 0 aliphatic heterocycles. The van der Waals surface area contributed by atoms with Gasteiger partial charge in [-0.1, -0.05) is 53.7 Å². The third-order valence-electron chi connectivity index (χ3n) is 3.65. The molecule has 2 aromatic carbocycles. The predicted octanol–water partition coefficient (Wildman–Crippen LogP) is 4.47. The number of hydrogen-bond acceptors (Lipinski definition) is 4. The minimum absolute atomic E-state index is 0.132. The van der Waals surface area contributed by atoms with Gasteiger partial charge in [-0.3, -0.25) is 9.89 Å². The minimum Gasteiger partial charge on any atom is -0.325 e. The van der Waals surface area contributed by atoms with Crippen molar-refractivity contribution in [3.8, 4) is 11.4 Å². The summed E-state index contributed by atoms with van der Waals surface area (Å²) in [5.41, 5.74) is 3.76. The number of rotatable bonds is 5. The summed E-state index contributed by atoms with van der Waals surface area (Å²) < 4.78 is 0. The zero-order valence-electron chi connectivity index (χ0n) is 13.8. The van der Waals surface area contributed by atoms with Crippen molar-refractivity contribution < 1.29 is 4.79 Å². The van der Waals surface area contributed by atoms with E-state index in [0.717, 1.165) is 16.7 Å². The van der Waals surface area contributed by atoms with Crippen LogP contribution in [0.3, 0.4) is 0 Å². The second-order valence-corrected chi connectivity index (χ2v) is 6.93. The molecule has 0 aliphatic carbocycles. The highest BCUT2D eigenvalue weighted by atomic mass is 35.5. The number of nitrogens with zero attached hydrogens (tertiary/aromatic N) is 2. The van der Waals surface area contributed by atoms with Crippen molar-refractivity contribution in [1.82, 2.24) is 15.2 Å². The summed E-state index contributed by atoms with van der Waals surface area (Å²) in [5.74, 6) is 0.787. The maximum absolute atomic E-state index is 12.1. The highest BCUT2D eigenvalue weighted by Crippen LogP contribution is 2.23. The first-order valence-corrected chi connectivity index (χ1v) is 9.06. The Morgan fingerprint density at radius 2 is 2.00 bits per heavy atom. The van der Waals surface area contributed by atoms with Gasteiger partial charge in [-0.15, -0.1) is 5.10 Å². The van der Waals surface area contributed by atoms with Crippen LogP contribution in [0.15, 0.2) is 47.6 Å². The molecule has 7 heteroatoms. The van der Waals surface area contributed by atoms with E-state index in [2.05, 4.69) is 20.5 Å². The second kappa shape index (κ2) is 7.72.